The Balaban J connectivity index is 1.72. The molecule has 142 valence electrons. The van der Waals surface area contributed by atoms with Gasteiger partial charge in [-0.1, -0.05) is 0 Å². The molecule has 0 aliphatic rings. The number of esters is 1. The topological polar surface area (TPSA) is 134 Å². The van der Waals surface area contributed by atoms with Gasteiger partial charge in [-0.15, -0.1) is 5.09 Å². The van der Waals surface area contributed by atoms with Crippen molar-refractivity contribution in [3.8, 4) is 0 Å². The van der Waals surface area contributed by atoms with Crippen molar-refractivity contribution >= 4 is 30.9 Å². The fourth-order valence-corrected chi connectivity index (χ4v) is 3.05. The maximum atomic E-state index is 11.9. The zero-order valence-electron chi connectivity index (χ0n) is 15.1. The lowest BCUT2D eigenvalue weighted by atomic mass is 10.4. The number of imidazole rings is 1. The standard InChI is InChI=1S/C15H24N6O4P/c1-10(2)25-12(22)4-5-20-26(23)9-24-11(3)6-21-8-19-13-14(16)17-7-18-15(13)21/h7-8,10-11H,4-6,9H2,1-3H3,(H,20,23)(H2,16,17,18)/q+1. The highest BCUT2D eigenvalue weighted by molar-refractivity contribution is 7.42. The second-order valence-electron chi connectivity index (χ2n) is 6.01. The number of rotatable bonds is 10. The molecule has 2 aromatic heterocycles. The van der Waals surface area contributed by atoms with Crippen LogP contribution >= 0.6 is 7.95 Å². The minimum atomic E-state index is -1.77. The zero-order valence-corrected chi connectivity index (χ0v) is 16.0. The molecule has 0 aliphatic heterocycles. The van der Waals surface area contributed by atoms with Crippen LogP contribution in [0.25, 0.3) is 11.2 Å². The van der Waals surface area contributed by atoms with Crippen molar-refractivity contribution in [3.63, 3.8) is 0 Å². The van der Waals surface area contributed by atoms with Crippen LogP contribution in [-0.4, -0.2) is 50.6 Å². The van der Waals surface area contributed by atoms with Crippen LogP contribution in [0.15, 0.2) is 12.7 Å². The number of hydrogen-bond acceptors (Lipinski definition) is 8. The Kier molecular flexibility index (Phi) is 7.38. The first kappa shape index (κ1) is 20.2. The highest BCUT2D eigenvalue weighted by atomic mass is 31.1. The second kappa shape index (κ2) is 9.51. The fraction of sp³-hybridized carbons (Fsp3) is 0.600. The Morgan fingerprint density at radius 1 is 1.35 bits per heavy atom. The van der Waals surface area contributed by atoms with E-state index in [2.05, 4.69) is 20.0 Å². The van der Waals surface area contributed by atoms with Crippen molar-refractivity contribution in [2.24, 2.45) is 0 Å². The molecule has 2 aromatic rings. The number of aromatic nitrogens is 4. The van der Waals surface area contributed by atoms with Gasteiger partial charge in [-0.05, 0) is 25.3 Å². The van der Waals surface area contributed by atoms with Crippen molar-refractivity contribution in [2.75, 3.05) is 18.6 Å². The van der Waals surface area contributed by atoms with Crippen molar-refractivity contribution in [3.05, 3.63) is 12.7 Å². The number of nitrogens with two attached hydrogens (primary N) is 1. The highest BCUT2D eigenvalue weighted by Crippen LogP contribution is 2.18. The SMILES string of the molecule is CC(C)OC(=O)CCN[P+](=O)COC(C)Cn1cnc2c(N)ncnc21. The summed E-state index contributed by atoms with van der Waals surface area (Å²) in [6.07, 6.45) is 2.84. The average molecular weight is 383 g/mol. The van der Waals surface area contributed by atoms with Gasteiger partial charge in [0.15, 0.2) is 11.5 Å². The van der Waals surface area contributed by atoms with E-state index in [4.69, 9.17) is 15.2 Å². The van der Waals surface area contributed by atoms with Crippen LogP contribution in [0, 0.1) is 0 Å². The van der Waals surface area contributed by atoms with E-state index in [0.29, 0.717) is 23.5 Å². The predicted molar refractivity (Wildman–Crippen MR) is 96.6 cm³/mol. The smallest absolute Gasteiger partial charge is 0.460 e. The van der Waals surface area contributed by atoms with Crippen molar-refractivity contribution in [2.45, 2.75) is 45.9 Å². The van der Waals surface area contributed by atoms with Gasteiger partial charge in [-0.25, -0.2) is 15.0 Å². The first-order valence-electron chi connectivity index (χ1n) is 8.27. The fourth-order valence-electron chi connectivity index (χ4n) is 2.21. The molecule has 0 saturated carbocycles. The highest BCUT2D eigenvalue weighted by Gasteiger charge is 2.19. The van der Waals surface area contributed by atoms with Crippen LogP contribution in [0.2, 0.25) is 0 Å². The van der Waals surface area contributed by atoms with Crippen LogP contribution in [0.3, 0.4) is 0 Å². The van der Waals surface area contributed by atoms with Crippen LogP contribution in [0.1, 0.15) is 27.2 Å². The summed E-state index contributed by atoms with van der Waals surface area (Å²) in [5.74, 6) is 0.00373. The number of ether oxygens (including phenoxy) is 2. The summed E-state index contributed by atoms with van der Waals surface area (Å²) in [6, 6.07) is 0. The number of hydrogen-bond donors (Lipinski definition) is 2. The van der Waals surface area contributed by atoms with E-state index in [1.807, 2.05) is 6.92 Å². The lowest BCUT2D eigenvalue weighted by Crippen LogP contribution is -2.19. The van der Waals surface area contributed by atoms with E-state index in [-0.39, 0.29) is 37.5 Å². The van der Waals surface area contributed by atoms with E-state index >= 15 is 0 Å². The monoisotopic (exact) mass is 383 g/mol. The predicted octanol–water partition coefficient (Wildman–Crippen LogP) is 1.44. The third-order valence-corrected chi connectivity index (χ3v) is 4.30. The van der Waals surface area contributed by atoms with Crippen molar-refractivity contribution in [1.82, 2.24) is 24.6 Å². The molecule has 2 atom stereocenters. The van der Waals surface area contributed by atoms with E-state index < -0.39 is 7.95 Å². The van der Waals surface area contributed by atoms with Crippen molar-refractivity contribution in [1.29, 1.82) is 0 Å². The Bertz CT molecular complexity index is 766. The number of nitrogens with one attached hydrogen (secondary N) is 1. The quantitative estimate of drug-likeness (QED) is 0.461. The van der Waals surface area contributed by atoms with Crippen LogP contribution in [0.5, 0.6) is 0 Å². The molecule has 2 heterocycles. The van der Waals surface area contributed by atoms with E-state index in [0.717, 1.165) is 0 Å². The molecular formula is C15H24N6O4P+. The number of anilines is 1. The van der Waals surface area contributed by atoms with Gasteiger partial charge < -0.3 is 19.8 Å². The maximum absolute atomic E-state index is 11.9. The van der Waals surface area contributed by atoms with Gasteiger partial charge in [0.2, 0.25) is 0 Å². The Morgan fingerprint density at radius 3 is 2.85 bits per heavy atom. The molecule has 0 amide bonds. The number of carbonyl (C=O) groups excluding carboxylic acids is 1. The van der Waals surface area contributed by atoms with Gasteiger partial charge in [-0.3, -0.25) is 4.79 Å². The summed E-state index contributed by atoms with van der Waals surface area (Å²) in [5.41, 5.74) is 6.92. The molecule has 3 N–H and O–H groups in total. The van der Waals surface area contributed by atoms with Gasteiger partial charge in [0, 0.05) is 0 Å². The number of nitrogen functional groups attached to an aromatic ring is 1. The minimum absolute atomic E-state index is 0.0412. The molecule has 0 aromatic carbocycles. The minimum Gasteiger partial charge on any atom is -0.463 e. The summed E-state index contributed by atoms with van der Waals surface area (Å²) >= 11 is 0. The first-order chi connectivity index (χ1) is 12.4. The molecule has 2 unspecified atom stereocenters. The third kappa shape index (κ3) is 5.98. The molecule has 0 fully saturated rings. The number of fused-ring (bicyclic) bond motifs is 1. The molecule has 0 saturated heterocycles. The molecule has 10 nitrogen and oxygen atoms in total. The molecular weight excluding hydrogens is 359 g/mol. The Hall–Kier alpha value is -2.16. The molecule has 26 heavy (non-hydrogen) atoms. The van der Waals surface area contributed by atoms with Gasteiger partial charge >= 0.3 is 13.9 Å². The van der Waals surface area contributed by atoms with Gasteiger partial charge in [0.05, 0.1) is 38.0 Å². The molecule has 2 rings (SSSR count). The third-order valence-electron chi connectivity index (χ3n) is 3.34. The summed E-state index contributed by atoms with van der Waals surface area (Å²) in [6.45, 7) is 6.19. The molecule has 0 radical (unpaired) electrons. The first-order valence-corrected chi connectivity index (χ1v) is 9.72. The van der Waals surface area contributed by atoms with Gasteiger partial charge in [0.25, 0.3) is 6.35 Å². The Morgan fingerprint density at radius 2 is 2.12 bits per heavy atom. The van der Waals surface area contributed by atoms with Gasteiger partial charge in [0.1, 0.15) is 11.8 Å². The normalized spacial score (nSPS) is 13.2. The number of nitrogens with zero attached hydrogens (tertiary/aromatic N) is 4. The summed E-state index contributed by atoms with van der Waals surface area (Å²) in [7, 11) is -1.77. The molecule has 0 bridgehead atoms. The Labute approximate surface area is 152 Å². The van der Waals surface area contributed by atoms with Crippen LogP contribution in [-0.2, 0) is 25.4 Å². The van der Waals surface area contributed by atoms with Crippen LogP contribution < -0.4 is 10.8 Å². The lowest BCUT2D eigenvalue weighted by Gasteiger charge is -2.10. The second-order valence-corrected chi connectivity index (χ2v) is 7.34. The van der Waals surface area contributed by atoms with Crippen LogP contribution in [0.4, 0.5) is 5.82 Å². The lowest BCUT2D eigenvalue weighted by molar-refractivity contribution is -0.147. The van der Waals surface area contributed by atoms with E-state index in [1.165, 1.54) is 6.33 Å². The summed E-state index contributed by atoms with van der Waals surface area (Å²) < 4.78 is 24.3. The molecule has 0 aliphatic carbocycles. The summed E-state index contributed by atoms with van der Waals surface area (Å²) in [5, 5.41) is 2.77. The van der Waals surface area contributed by atoms with E-state index in [1.54, 1.807) is 24.7 Å². The zero-order chi connectivity index (χ0) is 19.1. The largest absolute Gasteiger partial charge is 0.463 e. The molecule has 11 heteroatoms. The number of carbonyl (C=O) groups is 1. The maximum Gasteiger partial charge on any atom is 0.460 e. The summed E-state index contributed by atoms with van der Waals surface area (Å²) in [4.78, 5) is 23.6. The average Bonchev–Trinajstić information content (AvgIpc) is 2.97. The van der Waals surface area contributed by atoms with Crippen molar-refractivity contribution < 1.29 is 18.8 Å². The van der Waals surface area contributed by atoms with Gasteiger partial charge in [-0.2, -0.15) is 0 Å². The van der Waals surface area contributed by atoms with E-state index in [9.17, 15) is 9.36 Å². The molecule has 0 spiro atoms.